The number of amides is 2. The van der Waals surface area contributed by atoms with Gasteiger partial charge in [0.05, 0.1) is 28.5 Å². The van der Waals surface area contributed by atoms with Crippen molar-refractivity contribution in [1.29, 1.82) is 0 Å². The molecule has 1 N–H and O–H groups in total. The molecule has 218 valence electrons. The molecule has 3 heterocycles. The Balaban J connectivity index is 1.69. The number of hydrogen-bond acceptors (Lipinski definition) is 5. The van der Waals surface area contributed by atoms with Gasteiger partial charge in [0, 0.05) is 35.8 Å². The monoisotopic (exact) mass is 582 g/mol. The zero-order valence-electron chi connectivity index (χ0n) is 24.1. The van der Waals surface area contributed by atoms with E-state index in [0.29, 0.717) is 30.2 Å². The average molecular weight is 583 g/mol. The third-order valence-corrected chi connectivity index (χ3v) is 8.71. The smallest absolute Gasteiger partial charge is 0.240 e. The van der Waals surface area contributed by atoms with Crippen molar-refractivity contribution >= 4 is 29.4 Å². The third kappa shape index (κ3) is 6.04. The molecule has 2 aliphatic rings. The molecule has 0 unspecified atom stereocenters. The van der Waals surface area contributed by atoms with Crippen molar-refractivity contribution in [3.05, 3.63) is 76.0 Å². The van der Waals surface area contributed by atoms with Gasteiger partial charge in [-0.2, -0.15) is 5.10 Å². The van der Waals surface area contributed by atoms with Crippen LogP contribution in [0.1, 0.15) is 66.8 Å². The number of nitrogens with one attached hydrogen (secondary N) is 1. The van der Waals surface area contributed by atoms with Crippen LogP contribution in [-0.2, 0) is 19.7 Å². The zero-order chi connectivity index (χ0) is 29.5. The van der Waals surface area contributed by atoms with E-state index >= 15 is 4.39 Å². The highest BCUT2D eigenvalue weighted by Crippen LogP contribution is 2.49. The van der Waals surface area contributed by atoms with E-state index in [1.54, 1.807) is 4.68 Å². The minimum absolute atomic E-state index is 0.00560. The Kier molecular flexibility index (Phi) is 8.25. The largest absolute Gasteiger partial charge is 0.376 e. The van der Waals surface area contributed by atoms with Gasteiger partial charge in [-0.1, -0.05) is 44.5 Å². The number of hydrogen-bond donors (Lipinski definition) is 1. The van der Waals surface area contributed by atoms with Gasteiger partial charge in [0.25, 0.3) is 0 Å². The molecule has 2 aliphatic heterocycles. The maximum absolute atomic E-state index is 15.3. The molecule has 7 nitrogen and oxygen atoms in total. The molecule has 1 saturated heterocycles. The fourth-order valence-electron chi connectivity index (χ4n) is 5.48. The number of ether oxygens (including phenoxy) is 1. The Labute approximate surface area is 243 Å². The molecule has 1 aromatic heterocycles. The van der Waals surface area contributed by atoms with Gasteiger partial charge in [-0.3, -0.25) is 14.5 Å². The van der Waals surface area contributed by atoms with Crippen LogP contribution in [0.3, 0.4) is 0 Å². The summed E-state index contributed by atoms with van der Waals surface area (Å²) < 4.78 is 36.6. The van der Waals surface area contributed by atoms with Crippen LogP contribution in [0, 0.1) is 25.5 Å². The van der Waals surface area contributed by atoms with Gasteiger partial charge >= 0.3 is 0 Å². The van der Waals surface area contributed by atoms with Crippen LogP contribution in [0.25, 0.3) is 5.69 Å². The Morgan fingerprint density at radius 3 is 2.61 bits per heavy atom. The second kappa shape index (κ2) is 11.6. The molecule has 0 aliphatic carbocycles. The predicted octanol–water partition coefficient (Wildman–Crippen LogP) is 5.53. The molecule has 2 atom stereocenters. The highest BCUT2D eigenvalue weighted by molar-refractivity contribution is 8.00. The number of anilines is 1. The van der Waals surface area contributed by atoms with Gasteiger partial charge in [0.1, 0.15) is 24.0 Å². The first kappa shape index (κ1) is 29.3. The van der Waals surface area contributed by atoms with Crippen LogP contribution < -0.4 is 10.2 Å². The van der Waals surface area contributed by atoms with E-state index in [0.717, 1.165) is 35.7 Å². The van der Waals surface area contributed by atoms with Crippen molar-refractivity contribution in [2.75, 3.05) is 30.3 Å². The number of aromatic nitrogens is 2. The molecule has 41 heavy (non-hydrogen) atoms. The molecular weight excluding hydrogens is 546 g/mol. The van der Waals surface area contributed by atoms with Gasteiger partial charge in [-0.15, -0.1) is 11.8 Å². The molecule has 2 amide bonds. The van der Waals surface area contributed by atoms with Gasteiger partial charge in [0.2, 0.25) is 11.8 Å². The van der Waals surface area contributed by atoms with E-state index in [4.69, 9.17) is 9.84 Å². The van der Waals surface area contributed by atoms with Crippen LogP contribution in [-0.4, -0.2) is 53.1 Å². The first-order valence-corrected chi connectivity index (χ1v) is 14.9. The number of carbonyl (C=O) groups is 2. The molecule has 10 heteroatoms. The number of halogens is 2. The summed E-state index contributed by atoms with van der Waals surface area (Å²) >= 11 is 1.26. The quantitative estimate of drug-likeness (QED) is 0.414. The summed E-state index contributed by atoms with van der Waals surface area (Å²) in [5.41, 5.74) is 3.85. The van der Waals surface area contributed by atoms with E-state index in [1.165, 1.54) is 28.8 Å². The summed E-state index contributed by atoms with van der Waals surface area (Å²) in [6.07, 6.45) is 1.80. The van der Waals surface area contributed by atoms with E-state index in [9.17, 15) is 14.0 Å². The minimum atomic E-state index is -0.692. The summed E-state index contributed by atoms with van der Waals surface area (Å²) in [6.45, 7) is 10.8. The maximum Gasteiger partial charge on any atom is 0.240 e. The van der Waals surface area contributed by atoms with Crippen molar-refractivity contribution in [3.63, 3.8) is 0 Å². The lowest BCUT2D eigenvalue weighted by Gasteiger charge is -2.25. The molecule has 1 fully saturated rings. The van der Waals surface area contributed by atoms with Crippen molar-refractivity contribution in [3.8, 4) is 5.69 Å². The molecule has 0 spiro atoms. The number of thioether (sulfide) groups is 1. The number of carbonyl (C=O) groups excluding carboxylic acids is 2. The van der Waals surface area contributed by atoms with Crippen molar-refractivity contribution in [1.82, 2.24) is 15.1 Å². The van der Waals surface area contributed by atoms with E-state index in [-0.39, 0.29) is 35.8 Å². The second-order valence-electron chi connectivity index (χ2n) is 11.8. The Bertz CT molecular complexity index is 1480. The van der Waals surface area contributed by atoms with Crippen molar-refractivity contribution < 1.29 is 23.1 Å². The molecule has 0 bridgehead atoms. The molecule has 0 radical (unpaired) electrons. The fourth-order valence-corrected chi connectivity index (χ4v) is 6.70. The standard InChI is InChI=1S/C31H36F2N4O3S/c1-18-8-11-24(19(2)13-18)37-30-27(29(35-37)31(3,4)5)28(22-10-9-20(32)14-23(22)33)41-17-26(39)36(30)16-25(38)34-15-21-7-6-12-40-21/h8-11,13-14,21,28H,6-7,12,15-17H2,1-5H3,(H,34,38)/t21-,28-/m1/s1. The molecule has 0 saturated carbocycles. The first-order valence-electron chi connectivity index (χ1n) is 13.9. The number of fused-ring (bicyclic) bond motifs is 1. The SMILES string of the molecule is Cc1ccc(-n2nc(C(C)(C)C)c3c2N(CC(=O)NC[C@H]2CCCO2)C(=O)CS[C@@H]3c2ccc(F)cc2F)c(C)c1. The summed E-state index contributed by atoms with van der Waals surface area (Å²) in [6, 6.07) is 9.47. The van der Waals surface area contributed by atoms with Gasteiger partial charge < -0.3 is 10.1 Å². The lowest BCUT2D eigenvalue weighted by Crippen LogP contribution is -2.44. The predicted molar refractivity (Wildman–Crippen MR) is 157 cm³/mol. The fraction of sp³-hybridized carbons (Fsp3) is 0.452. The molecule has 2 aromatic carbocycles. The molecule has 3 aromatic rings. The van der Waals surface area contributed by atoms with E-state index < -0.39 is 22.3 Å². The first-order chi connectivity index (χ1) is 19.4. The van der Waals surface area contributed by atoms with Gasteiger partial charge in [-0.05, 0) is 44.4 Å². The lowest BCUT2D eigenvalue weighted by molar-refractivity contribution is -0.123. The van der Waals surface area contributed by atoms with E-state index in [1.807, 2.05) is 52.8 Å². The Hall–Kier alpha value is -3.24. The highest BCUT2D eigenvalue weighted by atomic mass is 32.2. The number of aryl methyl sites for hydroxylation is 2. The van der Waals surface area contributed by atoms with Crippen molar-refractivity contribution in [2.24, 2.45) is 0 Å². The highest BCUT2D eigenvalue weighted by Gasteiger charge is 2.41. The van der Waals surface area contributed by atoms with Crippen molar-refractivity contribution in [2.45, 2.75) is 64.2 Å². The molecule has 5 rings (SSSR count). The second-order valence-corrected chi connectivity index (χ2v) is 12.9. The minimum Gasteiger partial charge on any atom is -0.376 e. The van der Waals surface area contributed by atoms with Crippen LogP contribution >= 0.6 is 11.8 Å². The number of rotatable bonds is 6. The Morgan fingerprint density at radius 1 is 1.17 bits per heavy atom. The summed E-state index contributed by atoms with van der Waals surface area (Å²) in [5.74, 6) is -1.54. The third-order valence-electron chi connectivity index (χ3n) is 7.48. The Morgan fingerprint density at radius 2 is 1.95 bits per heavy atom. The van der Waals surface area contributed by atoms with E-state index in [2.05, 4.69) is 5.32 Å². The van der Waals surface area contributed by atoms with Gasteiger partial charge in [0.15, 0.2) is 0 Å². The summed E-state index contributed by atoms with van der Waals surface area (Å²) in [4.78, 5) is 28.5. The number of benzene rings is 2. The topological polar surface area (TPSA) is 76.5 Å². The lowest BCUT2D eigenvalue weighted by atomic mass is 9.87. The van der Waals surface area contributed by atoms with Crippen LogP contribution in [0.15, 0.2) is 36.4 Å². The zero-order valence-corrected chi connectivity index (χ0v) is 24.9. The maximum atomic E-state index is 15.3. The van der Waals surface area contributed by atoms with Crippen LogP contribution in [0.2, 0.25) is 0 Å². The van der Waals surface area contributed by atoms with Gasteiger partial charge in [-0.25, -0.2) is 13.5 Å². The van der Waals surface area contributed by atoms with Crippen LogP contribution in [0.4, 0.5) is 14.6 Å². The normalized spacial score (nSPS) is 19.3. The molecular formula is C31H36F2N4O3S. The summed E-state index contributed by atoms with van der Waals surface area (Å²) in [5, 5.41) is 7.32. The number of nitrogens with zero attached hydrogens (tertiary/aromatic N) is 3. The van der Waals surface area contributed by atoms with Crippen LogP contribution in [0.5, 0.6) is 0 Å². The summed E-state index contributed by atoms with van der Waals surface area (Å²) in [7, 11) is 0. The average Bonchev–Trinajstić information content (AvgIpc) is 3.53.